The Bertz CT molecular complexity index is 387. The Labute approximate surface area is 102 Å². The minimum absolute atomic E-state index is 0.0210. The summed E-state index contributed by atoms with van der Waals surface area (Å²) in [6, 6.07) is 2.76. The SMILES string of the molecule is COc1cccc(OC)c1[C@@H](N)[C@@H](O)C(F)(F)F. The molecule has 2 atom stereocenters. The van der Waals surface area contributed by atoms with Gasteiger partial charge in [-0.15, -0.1) is 0 Å². The molecule has 0 aliphatic rings. The molecule has 0 bridgehead atoms. The standard InChI is InChI=1S/C11H14F3NO3/c1-17-6-4-3-5-7(18-2)8(6)9(15)10(16)11(12,13)14/h3-5,9-10,16H,15H2,1-2H3/t9-,10-/m1/s1. The lowest BCUT2D eigenvalue weighted by Gasteiger charge is -2.24. The van der Waals surface area contributed by atoms with Gasteiger partial charge in [0.25, 0.3) is 0 Å². The summed E-state index contributed by atoms with van der Waals surface area (Å²) in [5.41, 5.74) is 5.43. The summed E-state index contributed by atoms with van der Waals surface area (Å²) in [6.07, 6.45) is -7.51. The molecule has 102 valence electrons. The van der Waals surface area contributed by atoms with Gasteiger partial charge >= 0.3 is 6.18 Å². The van der Waals surface area contributed by atoms with Crippen LogP contribution in [0.4, 0.5) is 13.2 Å². The highest BCUT2D eigenvalue weighted by atomic mass is 19.4. The van der Waals surface area contributed by atoms with Crippen molar-refractivity contribution >= 4 is 0 Å². The number of ether oxygens (including phenoxy) is 2. The second kappa shape index (κ2) is 5.45. The van der Waals surface area contributed by atoms with Crippen LogP contribution in [-0.2, 0) is 0 Å². The molecule has 1 rings (SSSR count). The number of rotatable bonds is 4. The highest BCUT2D eigenvalue weighted by molar-refractivity contribution is 5.47. The molecule has 18 heavy (non-hydrogen) atoms. The van der Waals surface area contributed by atoms with Crippen molar-refractivity contribution < 1.29 is 27.8 Å². The number of methoxy groups -OCH3 is 2. The fraction of sp³-hybridized carbons (Fsp3) is 0.455. The predicted molar refractivity (Wildman–Crippen MR) is 58.5 cm³/mol. The van der Waals surface area contributed by atoms with Crippen LogP contribution in [0.25, 0.3) is 0 Å². The third-order valence-corrected chi connectivity index (χ3v) is 2.47. The monoisotopic (exact) mass is 265 g/mol. The minimum atomic E-state index is -4.81. The molecule has 0 aliphatic carbocycles. The molecule has 0 aliphatic heterocycles. The number of aliphatic hydroxyl groups is 1. The average Bonchev–Trinajstić information content (AvgIpc) is 2.34. The van der Waals surface area contributed by atoms with E-state index in [-0.39, 0.29) is 17.1 Å². The van der Waals surface area contributed by atoms with Crippen LogP contribution in [0.3, 0.4) is 0 Å². The number of hydrogen-bond acceptors (Lipinski definition) is 4. The first-order valence-electron chi connectivity index (χ1n) is 5.04. The third-order valence-electron chi connectivity index (χ3n) is 2.47. The molecule has 4 nitrogen and oxygen atoms in total. The molecule has 3 N–H and O–H groups in total. The summed E-state index contributed by atoms with van der Waals surface area (Å²) in [5.74, 6) is 0.260. The lowest BCUT2D eigenvalue weighted by atomic mass is 9.99. The fourth-order valence-electron chi connectivity index (χ4n) is 1.57. The molecule has 0 unspecified atom stereocenters. The Morgan fingerprint density at radius 2 is 1.61 bits per heavy atom. The second-order valence-corrected chi connectivity index (χ2v) is 3.59. The lowest BCUT2D eigenvalue weighted by Crippen LogP contribution is -2.39. The summed E-state index contributed by atoms with van der Waals surface area (Å²) < 4.78 is 47.2. The number of alkyl halides is 3. The number of hydrogen-bond donors (Lipinski definition) is 2. The van der Waals surface area contributed by atoms with E-state index in [1.165, 1.54) is 26.4 Å². The first-order chi connectivity index (χ1) is 8.32. The Balaban J connectivity index is 3.22. The van der Waals surface area contributed by atoms with Crippen LogP contribution in [-0.4, -0.2) is 31.6 Å². The van der Waals surface area contributed by atoms with Gasteiger partial charge < -0.3 is 20.3 Å². The van der Waals surface area contributed by atoms with Crippen molar-refractivity contribution in [1.82, 2.24) is 0 Å². The van der Waals surface area contributed by atoms with Crippen LogP contribution in [0.1, 0.15) is 11.6 Å². The van der Waals surface area contributed by atoms with Crippen molar-refractivity contribution in [1.29, 1.82) is 0 Å². The molecule has 1 aromatic carbocycles. The van der Waals surface area contributed by atoms with Crippen molar-refractivity contribution in [3.63, 3.8) is 0 Å². The zero-order valence-corrected chi connectivity index (χ0v) is 9.86. The molecule has 0 amide bonds. The Hall–Kier alpha value is -1.47. The second-order valence-electron chi connectivity index (χ2n) is 3.59. The first kappa shape index (κ1) is 14.6. The van der Waals surface area contributed by atoms with Gasteiger partial charge in [-0.3, -0.25) is 0 Å². The minimum Gasteiger partial charge on any atom is -0.496 e. The van der Waals surface area contributed by atoms with Crippen molar-refractivity contribution in [2.45, 2.75) is 18.3 Å². The zero-order chi connectivity index (χ0) is 13.9. The summed E-state index contributed by atoms with van der Waals surface area (Å²) in [7, 11) is 2.59. The third kappa shape index (κ3) is 2.85. The van der Waals surface area contributed by atoms with Gasteiger partial charge in [0.1, 0.15) is 11.5 Å². The fourth-order valence-corrected chi connectivity index (χ4v) is 1.57. The van der Waals surface area contributed by atoms with Gasteiger partial charge in [-0.2, -0.15) is 13.2 Å². The first-order valence-corrected chi connectivity index (χ1v) is 5.04. The van der Waals surface area contributed by atoms with Crippen LogP contribution < -0.4 is 15.2 Å². The van der Waals surface area contributed by atoms with E-state index in [0.29, 0.717) is 0 Å². The maximum Gasteiger partial charge on any atom is 0.416 e. The van der Waals surface area contributed by atoms with E-state index in [1.807, 2.05) is 0 Å². The quantitative estimate of drug-likeness (QED) is 0.868. The van der Waals surface area contributed by atoms with E-state index in [2.05, 4.69) is 0 Å². The van der Waals surface area contributed by atoms with E-state index in [1.54, 1.807) is 6.07 Å². The maximum atomic E-state index is 12.4. The van der Waals surface area contributed by atoms with Crippen LogP contribution in [0, 0.1) is 0 Å². The normalized spacial score (nSPS) is 15.1. The van der Waals surface area contributed by atoms with Gasteiger partial charge in [-0.1, -0.05) is 6.07 Å². The van der Waals surface area contributed by atoms with E-state index in [4.69, 9.17) is 15.2 Å². The molecule has 0 saturated carbocycles. The van der Waals surface area contributed by atoms with Gasteiger partial charge in [0.2, 0.25) is 0 Å². The molecule has 1 aromatic rings. The average molecular weight is 265 g/mol. The van der Waals surface area contributed by atoms with Gasteiger partial charge in [-0.25, -0.2) is 0 Å². The number of benzene rings is 1. The van der Waals surface area contributed by atoms with Crippen molar-refractivity contribution in [3.05, 3.63) is 23.8 Å². The molecule has 7 heteroatoms. The largest absolute Gasteiger partial charge is 0.496 e. The summed E-state index contributed by atoms with van der Waals surface area (Å²) in [6.45, 7) is 0. The molecular formula is C11H14F3NO3. The molecule has 0 aromatic heterocycles. The summed E-state index contributed by atoms with van der Waals surface area (Å²) in [4.78, 5) is 0. The number of halogens is 3. The zero-order valence-electron chi connectivity index (χ0n) is 9.86. The molecule has 0 saturated heterocycles. The van der Waals surface area contributed by atoms with Crippen molar-refractivity contribution in [3.8, 4) is 11.5 Å². The summed E-state index contributed by atoms with van der Waals surface area (Å²) in [5, 5.41) is 9.19. The Kier molecular flexibility index (Phi) is 4.42. The van der Waals surface area contributed by atoms with Gasteiger partial charge in [0, 0.05) is 0 Å². The van der Waals surface area contributed by atoms with Gasteiger partial charge in [0.05, 0.1) is 25.8 Å². The van der Waals surface area contributed by atoms with Crippen LogP contribution >= 0.6 is 0 Å². The van der Waals surface area contributed by atoms with Gasteiger partial charge in [-0.05, 0) is 12.1 Å². The highest BCUT2D eigenvalue weighted by Crippen LogP contribution is 2.38. The molecule has 0 radical (unpaired) electrons. The number of nitrogens with two attached hydrogens (primary N) is 1. The maximum absolute atomic E-state index is 12.4. The predicted octanol–water partition coefficient (Wildman–Crippen LogP) is 1.63. The lowest BCUT2D eigenvalue weighted by molar-refractivity contribution is -0.210. The molecular weight excluding hydrogens is 251 g/mol. The number of aliphatic hydroxyl groups excluding tert-OH is 1. The van der Waals surface area contributed by atoms with E-state index < -0.39 is 18.3 Å². The van der Waals surface area contributed by atoms with Crippen LogP contribution in [0.2, 0.25) is 0 Å². The smallest absolute Gasteiger partial charge is 0.416 e. The molecule has 0 heterocycles. The summed E-state index contributed by atoms with van der Waals surface area (Å²) >= 11 is 0. The Morgan fingerprint density at radius 1 is 1.17 bits per heavy atom. The van der Waals surface area contributed by atoms with Gasteiger partial charge in [0.15, 0.2) is 6.10 Å². The Morgan fingerprint density at radius 3 is 1.94 bits per heavy atom. The van der Waals surface area contributed by atoms with Crippen LogP contribution in [0.15, 0.2) is 18.2 Å². The van der Waals surface area contributed by atoms with E-state index in [0.717, 1.165) is 0 Å². The highest BCUT2D eigenvalue weighted by Gasteiger charge is 2.44. The van der Waals surface area contributed by atoms with Crippen LogP contribution in [0.5, 0.6) is 11.5 Å². The van der Waals surface area contributed by atoms with E-state index in [9.17, 15) is 18.3 Å². The molecule has 0 spiro atoms. The molecule has 0 fully saturated rings. The topological polar surface area (TPSA) is 64.7 Å². The van der Waals surface area contributed by atoms with Crippen molar-refractivity contribution in [2.24, 2.45) is 5.73 Å². The van der Waals surface area contributed by atoms with Crippen molar-refractivity contribution in [2.75, 3.05) is 14.2 Å². The van der Waals surface area contributed by atoms with E-state index >= 15 is 0 Å².